The topological polar surface area (TPSA) is 133 Å². The maximum absolute atomic E-state index is 13.0. The van der Waals surface area contributed by atoms with Crippen molar-refractivity contribution in [2.45, 2.75) is 23.5 Å². The van der Waals surface area contributed by atoms with Crippen LogP contribution in [0.3, 0.4) is 0 Å². The number of thioether (sulfide) groups is 1. The number of ether oxygens (including phenoxy) is 1. The molecule has 2 atom stereocenters. The number of carbonyl (C=O) groups is 3. The first-order valence-corrected chi connectivity index (χ1v) is 10.2. The predicted octanol–water partition coefficient (Wildman–Crippen LogP) is 0.715. The number of amides is 2. The van der Waals surface area contributed by atoms with E-state index in [1.54, 1.807) is 6.07 Å². The molecule has 9 nitrogen and oxygen atoms in total. The minimum atomic E-state index is -0.894. The molecule has 0 fully saturated rings. The number of hydrogen-bond donors (Lipinski definition) is 3. The minimum absolute atomic E-state index is 0. The number of nitrogens with one attached hydrogen (secondary N) is 2. The first-order valence-electron chi connectivity index (χ1n) is 9.25. The third-order valence-corrected chi connectivity index (χ3v) is 5.74. The van der Waals surface area contributed by atoms with Gasteiger partial charge in [0.05, 0.1) is 18.7 Å². The summed E-state index contributed by atoms with van der Waals surface area (Å²) in [6.45, 7) is -0.264. The van der Waals surface area contributed by atoms with Crippen molar-refractivity contribution in [1.29, 1.82) is 0 Å². The van der Waals surface area contributed by atoms with E-state index < -0.39 is 35.4 Å². The molecule has 0 unspecified atom stereocenters. The fourth-order valence-electron chi connectivity index (χ4n) is 3.13. The molecule has 1 aliphatic heterocycles. The number of rotatable bonds is 7. The second kappa shape index (κ2) is 11.0. The van der Waals surface area contributed by atoms with Crippen molar-refractivity contribution in [3.05, 3.63) is 58.4 Å². The predicted molar refractivity (Wildman–Crippen MR) is 119 cm³/mol. The summed E-state index contributed by atoms with van der Waals surface area (Å²) >= 11 is 1.35. The van der Waals surface area contributed by atoms with Crippen molar-refractivity contribution >= 4 is 47.6 Å². The van der Waals surface area contributed by atoms with Crippen LogP contribution in [0.15, 0.2) is 52.3 Å². The first kappa shape index (κ1) is 24.4. The molecule has 4 N–H and O–H groups in total. The molecule has 31 heavy (non-hydrogen) atoms. The molecule has 0 radical (unpaired) electrons. The van der Waals surface area contributed by atoms with Crippen molar-refractivity contribution in [2.75, 3.05) is 24.7 Å². The molecule has 0 aliphatic carbocycles. The van der Waals surface area contributed by atoms with Crippen LogP contribution in [0.4, 0.5) is 5.69 Å². The van der Waals surface area contributed by atoms with Gasteiger partial charge >= 0.3 is 5.97 Å². The van der Waals surface area contributed by atoms with E-state index in [1.807, 2.05) is 30.3 Å². The van der Waals surface area contributed by atoms with Crippen molar-refractivity contribution in [1.82, 2.24) is 9.88 Å². The molecule has 1 aromatic carbocycles. The Hall–Kier alpha value is -2.82. The molecule has 166 valence electrons. The van der Waals surface area contributed by atoms with Gasteiger partial charge < -0.3 is 21.1 Å². The van der Waals surface area contributed by atoms with Gasteiger partial charge in [0.2, 0.25) is 11.8 Å². The zero-order valence-corrected chi connectivity index (χ0v) is 18.3. The molecule has 0 saturated carbocycles. The summed E-state index contributed by atoms with van der Waals surface area (Å²) in [7, 11) is 1.25. The lowest BCUT2D eigenvalue weighted by Crippen LogP contribution is -2.47. The summed E-state index contributed by atoms with van der Waals surface area (Å²) in [5.41, 5.74) is 5.69. The molecule has 2 heterocycles. The summed E-state index contributed by atoms with van der Waals surface area (Å²) in [6.07, 6.45) is 0.257. The van der Waals surface area contributed by atoms with Gasteiger partial charge in [0.15, 0.2) is 0 Å². The molecule has 2 aromatic rings. The number of aromatic nitrogens is 1. The number of nitrogens with two attached hydrogens (primary N) is 1. The van der Waals surface area contributed by atoms with Crippen LogP contribution >= 0.6 is 24.2 Å². The van der Waals surface area contributed by atoms with Crippen LogP contribution in [0.5, 0.6) is 0 Å². The van der Waals surface area contributed by atoms with Crippen LogP contribution in [-0.4, -0.2) is 47.8 Å². The van der Waals surface area contributed by atoms with Gasteiger partial charge in [-0.3, -0.25) is 19.0 Å². The van der Waals surface area contributed by atoms with E-state index in [0.29, 0.717) is 10.8 Å². The SMILES string of the molecule is COC(=O)[C@H](Cc1ccccc1)NC(=O)[C@@H]1CSc2ccc(NC(=O)CN)c(=O)n21.Cl. The number of benzene rings is 1. The highest BCUT2D eigenvalue weighted by Gasteiger charge is 2.33. The molecular formula is C20H23ClN4O5S. The minimum Gasteiger partial charge on any atom is -0.467 e. The fourth-order valence-corrected chi connectivity index (χ4v) is 4.27. The highest BCUT2D eigenvalue weighted by Crippen LogP contribution is 2.32. The number of halogens is 1. The van der Waals surface area contributed by atoms with E-state index in [1.165, 1.54) is 29.5 Å². The van der Waals surface area contributed by atoms with Gasteiger partial charge in [-0.25, -0.2) is 4.79 Å². The maximum atomic E-state index is 13.0. The third kappa shape index (κ3) is 5.66. The molecule has 3 rings (SSSR count). The summed E-state index contributed by atoms with van der Waals surface area (Å²) in [6, 6.07) is 10.7. The average Bonchev–Trinajstić information content (AvgIpc) is 3.20. The van der Waals surface area contributed by atoms with E-state index in [-0.39, 0.29) is 31.1 Å². The van der Waals surface area contributed by atoms with Gasteiger partial charge in [0.1, 0.15) is 17.8 Å². The van der Waals surface area contributed by atoms with E-state index in [4.69, 9.17) is 10.5 Å². The molecule has 1 aliphatic rings. The van der Waals surface area contributed by atoms with Crippen LogP contribution in [0.2, 0.25) is 0 Å². The van der Waals surface area contributed by atoms with E-state index in [9.17, 15) is 19.2 Å². The molecule has 0 saturated heterocycles. The molecule has 11 heteroatoms. The molecule has 0 spiro atoms. The Morgan fingerprint density at radius 2 is 1.94 bits per heavy atom. The van der Waals surface area contributed by atoms with Gasteiger partial charge in [0.25, 0.3) is 5.56 Å². The molecule has 0 bridgehead atoms. The fraction of sp³-hybridized carbons (Fsp3) is 0.300. The van der Waals surface area contributed by atoms with Crippen molar-refractivity contribution in [2.24, 2.45) is 5.73 Å². The first-order chi connectivity index (χ1) is 14.4. The summed E-state index contributed by atoms with van der Waals surface area (Å²) in [5.74, 6) is -1.23. The lowest BCUT2D eigenvalue weighted by atomic mass is 10.1. The van der Waals surface area contributed by atoms with Gasteiger partial charge in [0, 0.05) is 12.2 Å². The molecular weight excluding hydrogens is 444 g/mol. The van der Waals surface area contributed by atoms with Crippen LogP contribution in [0.1, 0.15) is 11.6 Å². The zero-order chi connectivity index (χ0) is 21.7. The standard InChI is InChI=1S/C20H22N4O5S.ClH/c1-29-20(28)14(9-12-5-3-2-4-6-12)23-18(26)15-11-30-17-8-7-13(19(27)24(15)17)22-16(25)10-21;/h2-8,14-15H,9-11,21H2,1H3,(H,22,25)(H,23,26);1H/t14-,15-;/m0./s1. The summed E-state index contributed by atoms with van der Waals surface area (Å²) in [4.78, 5) is 49.6. The Kier molecular flexibility index (Phi) is 8.66. The highest BCUT2D eigenvalue weighted by molar-refractivity contribution is 7.99. The Morgan fingerprint density at radius 3 is 2.58 bits per heavy atom. The molecule has 1 aromatic heterocycles. The monoisotopic (exact) mass is 466 g/mol. The van der Waals surface area contributed by atoms with Crippen LogP contribution in [0, 0.1) is 0 Å². The van der Waals surface area contributed by atoms with Crippen molar-refractivity contribution in [3.63, 3.8) is 0 Å². The smallest absolute Gasteiger partial charge is 0.328 e. The van der Waals surface area contributed by atoms with Crippen LogP contribution in [0.25, 0.3) is 0 Å². The lowest BCUT2D eigenvalue weighted by Gasteiger charge is -2.20. The number of methoxy groups -OCH3 is 1. The van der Waals surface area contributed by atoms with Crippen molar-refractivity contribution < 1.29 is 19.1 Å². The normalized spacial score (nSPS) is 15.2. The van der Waals surface area contributed by atoms with Gasteiger partial charge in [-0.2, -0.15) is 0 Å². The maximum Gasteiger partial charge on any atom is 0.328 e. The second-order valence-corrected chi connectivity index (χ2v) is 7.65. The average molecular weight is 467 g/mol. The Bertz CT molecular complexity index is 1010. The summed E-state index contributed by atoms with van der Waals surface area (Å²) in [5, 5.41) is 5.74. The Labute approximate surface area is 189 Å². The van der Waals surface area contributed by atoms with Gasteiger partial charge in [-0.1, -0.05) is 30.3 Å². The Balaban J connectivity index is 0.00000341. The number of nitrogens with zero attached hydrogens (tertiary/aromatic N) is 1. The number of esters is 1. The zero-order valence-electron chi connectivity index (χ0n) is 16.7. The lowest BCUT2D eigenvalue weighted by molar-refractivity contribution is -0.145. The number of fused-ring (bicyclic) bond motifs is 1. The Morgan fingerprint density at radius 1 is 1.23 bits per heavy atom. The number of carbonyl (C=O) groups excluding carboxylic acids is 3. The van der Waals surface area contributed by atoms with E-state index in [0.717, 1.165) is 5.56 Å². The number of anilines is 1. The highest BCUT2D eigenvalue weighted by atomic mass is 35.5. The summed E-state index contributed by atoms with van der Waals surface area (Å²) < 4.78 is 6.15. The van der Waals surface area contributed by atoms with E-state index in [2.05, 4.69) is 10.6 Å². The second-order valence-electron chi connectivity index (χ2n) is 6.61. The number of pyridine rings is 1. The van der Waals surface area contributed by atoms with Gasteiger partial charge in [-0.05, 0) is 17.7 Å². The third-order valence-electron chi connectivity index (χ3n) is 4.63. The largest absolute Gasteiger partial charge is 0.467 e. The van der Waals surface area contributed by atoms with Crippen LogP contribution < -0.4 is 21.9 Å². The number of hydrogen-bond acceptors (Lipinski definition) is 7. The quantitative estimate of drug-likeness (QED) is 0.512. The van der Waals surface area contributed by atoms with E-state index >= 15 is 0 Å². The van der Waals surface area contributed by atoms with Crippen molar-refractivity contribution in [3.8, 4) is 0 Å². The van der Waals surface area contributed by atoms with Crippen LogP contribution in [-0.2, 0) is 25.5 Å². The molecule has 2 amide bonds. The van der Waals surface area contributed by atoms with Gasteiger partial charge in [-0.15, -0.1) is 24.2 Å².